The summed E-state index contributed by atoms with van der Waals surface area (Å²) < 4.78 is 17.9. The molecule has 0 aliphatic carbocycles. The molecule has 138 valence electrons. The lowest BCUT2D eigenvalue weighted by Gasteiger charge is -2.03. The highest BCUT2D eigenvalue weighted by molar-refractivity contribution is 7.15. The summed E-state index contributed by atoms with van der Waals surface area (Å²) in [6, 6.07) is 10.2. The number of aromatic hydroxyl groups is 1. The number of nitrogens with one attached hydrogen (secondary N) is 1. The Bertz CT molecular complexity index is 1010. The summed E-state index contributed by atoms with van der Waals surface area (Å²) in [5, 5.41) is 20.9. The van der Waals surface area contributed by atoms with Crippen molar-refractivity contribution in [2.45, 2.75) is 0 Å². The Morgan fingerprint density at radius 1 is 1.22 bits per heavy atom. The summed E-state index contributed by atoms with van der Waals surface area (Å²) in [4.78, 5) is 12.2. The van der Waals surface area contributed by atoms with E-state index in [1.165, 1.54) is 37.4 Å². The Balaban J connectivity index is 1.75. The van der Waals surface area contributed by atoms with Crippen molar-refractivity contribution < 1.29 is 19.0 Å². The zero-order chi connectivity index (χ0) is 19.4. The lowest BCUT2D eigenvalue weighted by molar-refractivity contribution is 0.102. The van der Waals surface area contributed by atoms with Crippen molar-refractivity contribution in [3.63, 3.8) is 0 Å². The Morgan fingerprint density at radius 3 is 2.59 bits per heavy atom. The van der Waals surface area contributed by atoms with Gasteiger partial charge in [-0.1, -0.05) is 29.0 Å². The maximum Gasteiger partial charge on any atom is 0.286 e. The summed E-state index contributed by atoms with van der Waals surface area (Å²) in [7, 11) is 1.46. The highest BCUT2D eigenvalue weighted by Crippen LogP contribution is 2.30. The van der Waals surface area contributed by atoms with E-state index in [4.69, 9.17) is 16.3 Å². The van der Waals surface area contributed by atoms with Crippen LogP contribution in [0, 0.1) is 5.82 Å². The third kappa shape index (κ3) is 4.60. The van der Waals surface area contributed by atoms with Gasteiger partial charge in [0.1, 0.15) is 5.82 Å². The van der Waals surface area contributed by atoms with Crippen LogP contribution < -0.4 is 10.1 Å². The lowest BCUT2D eigenvalue weighted by atomic mass is 10.2. The number of halogens is 2. The first-order chi connectivity index (χ1) is 13.0. The van der Waals surface area contributed by atoms with E-state index < -0.39 is 11.7 Å². The molecule has 0 fully saturated rings. The molecule has 2 N–H and O–H groups in total. The van der Waals surface area contributed by atoms with Crippen LogP contribution in [0.4, 0.5) is 10.1 Å². The number of benzene rings is 2. The van der Waals surface area contributed by atoms with Gasteiger partial charge in [0, 0.05) is 5.69 Å². The number of rotatable bonds is 5. The number of aromatic nitrogens is 2. The molecular weight excluding hydrogens is 393 g/mol. The van der Waals surface area contributed by atoms with Gasteiger partial charge in [-0.2, -0.15) is 0 Å². The highest BCUT2D eigenvalue weighted by Gasteiger charge is 2.15. The quantitative estimate of drug-likeness (QED) is 0.658. The molecule has 0 aliphatic heterocycles. The maximum absolute atomic E-state index is 12.9. The Morgan fingerprint density at radius 2 is 1.93 bits per heavy atom. The minimum Gasteiger partial charge on any atom is -0.504 e. The van der Waals surface area contributed by atoms with Gasteiger partial charge in [0.25, 0.3) is 5.91 Å². The monoisotopic (exact) mass is 405 g/mol. The molecule has 0 bridgehead atoms. The molecule has 0 radical (unpaired) electrons. The minimum atomic E-state index is -0.475. The number of phenolic OH excluding ortho intramolecular Hbond substituents is 1. The standard InChI is InChI=1S/C18H13ClFN3O3S/c1-26-15-7-2-10(9-14(15)24)8-13(19)17-22-23-18(27-17)16(25)21-12-5-3-11(20)4-6-12/h2-9,24H,1H3,(H,21,25). The van der Waals surface area contributed by atoms with Gasteiger partial charge in [0.2, 0.25) is 5.01 Å². The summed E-state index contributed by atoms with van der Waals surface area (Å²) in [6.07, 6.45) is 1.59. The van der Waals surface area contributed by atoms with Crippen molar-refractivity contribution in [3.8, 4) is 11.5 Å². The van der Waals surface area contributed by atoms with Gasteiger partial charge in [0.05, 0.1) is 12.1 Å². The van der Waals surface area contributed by atoms with Crippen molar-refractivity contribution in [2.75, 3.05) is 12.4 Å². The average Bonchev–Trinajstić information content (AvgIpc) is 3.14. The zero-order valence-electron chi connectivity index (χ0n) is 13.9. The van der Waals surface area contributed by atoms with E-state index in [0.717, 1.165) is 11.3 Å². The van der Waals surface area contributed by atoms with Crippen LogP contribution in [0.1, 0.15) is 20.4 Å². The normalized spacial score (nSPS) is 11.3. The molecule has 0 aliphatic rings. The van der Waals surface area contributed by atoms with E-state index in [-0.39, 0.29) is 15.8 Å². The van der Waals surface area contributed by atoms with Gasteiger partial charge in [-0.15, -0.1) is 10.2 Å². The van der Waals surface area contributed by atoms with Crippen molar-refractivity contribution in [3.05, 3.63) is 63.9 Å². The van der Waals surface area contributed by atoms with Crippen LogP contribution in [0.3, 0.4) is 0 Å². The van der Waals surface area contributed by atoms with Crippen LogP contribution >= 0.6 is 22.9 Å². The molecule has 0 unspecified atom stereocenters. The predicted molar refractivity (Wildman–Crippen MR) is 103 cm³/mol. The van der Waals surface area contributed by atoms with Gasteiger partial charge < -0.3 is 15.2 Å². The number of hydrogen-bond donors (Lipinski definition) is 2. The SMILES string of the molecule is COc1ccc(C=C(Cl)c2nnc(C(=O)Nc3ccc(F)cc3)s2)cc1O. The van der Waals surface area contributed by atoms with E-state index in [1.807, 2.05) is 0 Å². The smallest absolute Gasteiger partial charge is 0.286 e. The minimum absolute atomic E-state index is 0.0210. The molecule has 0 spiro atoms. The number of ether oxygens (including phenoxy) is 1. The molecule has 1 heterocycles. The average molecular weight is 406 g/mol. The molecule has 0 saturated carbocycles. The number of hydrogen-bond acceptors (Lipinski definition) is 6. The number of anilines is 1. The lowest BCUT2D eigenvalue weighted by Crippen LogP contribution is -2.11. The number of carbonyl (C=O) groups excluding carboxylic acids is 1. The van der Waals surface area contributed by atoms with Crippen molar-refractivity contribution in [1.82, 2.24) is 10.2 Å². The van der Waals surface area contributed by atoms with E-state index >= 15 is 0 Å². The number of nitrogens with zero attached hydrogens (tertiary/aromatic N) is 2. The Kier molecular flexibility index (Phi) is 5.68. The molecule has 1 amide bonds. The number of carbonyl (C=O) groups is 1. The molecule has 27 heavy (non-hydrogen) atoms. The van der Waals surface area contributed by atoms with Gasteiger partial charge in [-0.05, 0) is 48.0 Å². The van der Waals surface area contributed by atoms with Gasteiger partial charge >= 0.3 is 0 Å². The van der Waals surface area contributed by atoms with Crippen LogP contribution in [0.25, 0.3) is 11.1 Å². The first-order valence-corrected chi connectivity index (χ1v) is 8.80. The molecular formula is C18H13ClFN3O3S. The number of methoxy groups -OCH3 is 1. The topological polar surface area (TPSA) is 84.3 Å². The van der Waals surface area contributed by atoms with Crippen LogP contribution in [0.5, 0.6) is 11.5 Å². The predicted octanol–water partition coefficient (Wildman–Crippen LogP) is 4.38. The third-order valence-corrected chi connectivity index (χ3v) is 4.78. The second-order valence-corrected chi connectivity index (χ2v) is 6.68. The number of phenols is 1. The summed E-state index contributed by atoms with van der Waals surface area (Å²) in [6.45, 7) is 0. The Hall–Kier alpha value is -2.97. The van der Waals surface area contributed by atoms with Crippen LogP contribution in [0.15, 0.2) is 42.5 Å². The largest absolute Gasteiger partial charge is 0.504 e. The summed E-state index contributed by atoms with van der Waals surface area (Å²) in [5.74, 6) is -0.545. The summed E-state index contributed by atoms with van der Waals surface area (Å²) >= 11 is 7.25. The Labute approximate surface area is 162 Å². The van der Waals surface area contributed by atoms with Crippen LogP contribution in [-0.4, -0.2) is 28.3 Å². The van der Waals surface area contributed by atoms with Crippen LogP contribution in [0.2, 0.25) is 0 Å². The molecule has 2 aromatic carbocycles. The van der Waals surface area contributed by atoms with Crippen LogP contribution in [-0.2, 0) is 0 Å². The second-order valence-electron chi connectivity index (χ2n) is 5.30. The van der Waals surface area contributed by atoms with Gasteiger partial charge in [0.15, 0.2) is 16.5 Å². The maximum atomic E-state index is 12.9. The second kappa shape index (κ2) is 8.15. The highest BCUT2D eigenvalue weighted by atomic mass is 35.5. The fraction of sp³-hybridized carbons (Fsp3) is 0.0556. The summed E-state index contributed by atoms with van der Waals surface area (Å²) in [5.41, 5.74) is 1.07. The van der Waals surface area contributed by atoms with E-state index in [9.17, 15) is 14.3 Å². The zero-order valence-corrected chi connectivity index (χ0v) is 15.5. The molecule has 1 aromatic heterocycles. The fourth-order valence-corrected chi connectivity index (χ4v) is 3.06. The first-order valence-electron chi connectivity index (χ1n) is 7.61. The molecule has 9 heteroatoms. The molecule has 3 aromatic rings. The van der Waals surface area contributed by atoms with E-state index in [0.29, 0.717) is 22.0 Å². The fourth-order valence-electron chi connectivity index (χ4n) is 2.13. The molecule has 0 atom stereocenters. The molecule has 6 nitrogen and oxygen atoms in total. The molecule has 0 saturated heterocycles. The first kappa shape index (κ1) is 18.8. The third-order valence-electron chi connectivity index (χ3n) is 3.42. The van der Waals surface area contributed by atoms with E-state index in [1.54, 1.807) is 18.2 Å². The van der Waals surface area contributed by atoms with Crippen molar-refractivity contribution >= 4 is 45.6 Å². The van der Waals surface area contributed by atoms with Gasteiger partial charge in [-0.3, -0.25) is 4.79 Å². The molecule has 3 rings (SSSR count). The van der Waals surface area contributed by atoms with Gasteiger partial charge in [-0.25, -0.2) is 4.39 Å². The van der Waals surface area contributed by atoms with Crippen molar-refractivity contribution in [1.29, 1.82) is 0 Å². The number of amides is 1. The van der Waals surface area contributed by atoms with E-state index in [2.05, 4.69) is 15.5 Å². The van der Waals surface area contributed by atoms with Crippen molar-refractivity contribution in [2.24, 2.45) is 0 Å².